The lowest BCUT2D eigenvalue weighted by Gasteiger charge is -2.48. The van der Waals surface area contributed by atoms with Crippen LogP contribution in [0.3, 0.4) is 0 Å². The van der Waals surface area contributed by atoms with Crippen LogP contribution in [0, 0.1) is 5.82 Å². The van der Waals surface area contributed by atoms with E-state index < -0.39 is 34.9 Å². The fourth-order valence-corrected chi connectivity index (χ4v) is 5.25. The summed E-state index contributed by atoms with van der Waals surface area (Å²) in [7, 11) is 0. The van der Waals surface area contributed by atoms with Crippen LogP contribution in [-0.4, -0.2) is 27.9 Å². The number of alkyl halides is 3. The molecule has 0 spiro atoms. The van der Waals surface area contributed by atoms with E-state index in [0.717, 1.165) is 25.0 Å². The van der Waals surface area contributed by atoms with Crippen molar-refractivity contribution in [3.8, 4) is 0 Å². The summed E-state index contributed by atoms with van der Waals surface area (Å²) >= 11 is 0. The first-order valence-corrected chi connectivity index (χ1v) is 12.3. The molecule has 1 saturated carbocycles. The lowest BCUT2D eigenvalue weighted by Crippen LogP contribution is -2.57. The van der Waals surface area contributed by atoms with Gasteiger partial charge in [0.25, 0.3) is 5.91 Å². The molecule has 38 heavy (non-hydrogen) atoms. The van der Waals surface area contributed by atoms with Crippen LogP contribution in [0.2, 0.25) is 0 Å². The second-order valence-corrected chi connectivity index (χ2v) is 10.1. The number of carbonyl (C=O) groups excluding carboxylic acids is 2. The molecule has 2 atom stereocenters. The fourth-order valence-electron chi connectivity index (χ4n) is 5.25. The molecule has 2 N–H and O–H groups in total. The average molecular weight is 527 g/mol. The maximum Gasteiger partial charge on any atom is 0.416 e. The van der Waals surface area contributed by atoms with E-state index in [1.54, 1.807) is 55.5 Å². The Hall–Kier alpha value is -3.72. The van der Waals surface area contributed by atoms with E-state index in [4.69, 9.17) is 0 Å². The number of amides is 2. The Morgan fingerprint density at radius 2 is 1.74 bits per heavy atom. The van der Waals surface area contributed by atoms with Crippen molar-refractivity contribution in [3.63, 3.8) is 0 Å². The molecule has 5 rings (SSSR count). The van der Waals surface area contributed by atoms with Gasteiger partial charge in [0, 0.05) is 18.2 Å². The normalized spacial score (nSPS) is 21.3. The van der Waals surface area contributed by atoms with Gasteiger partial charge in [0.15, 0.2) is 0 Å². The number of aliphatic hydroxyl groups excluding tert-OH is 1. The molecule has 0 aromatic heterocycles. The van der Waals surface area contributed by atoms with Gasteiger partial charge in [0.1, 0.15) is 5.82 Å². The lowest BCUT2D eigenvalue weighted by molar-refractivity contribution is -0.137. The van der Waals surface area contributed by atoms with Crippen molar-refractivity contribution in [1.82, 2.24) is 10.2 Å². The zero-order valence-corrected chi connectivity index (χ0v) is 20.6. The molecule has 2 aliphatic rings. The van der Waals surface area contributed by atoms with Crippen LogP contribution in [0.15, 0.2) is 66.7 Å². The molecule has 0 unspecified atom stereocenters. The highest BCUT2D eigenvalue weighted by molar-refractivity contribution is 6.03. The Bertz CT molecular complexity index is 1390. The van der Waals surface area contributed by atoms with Crippen molar-refractivity contribution in [2.45, 2.75) is 56.6 Å². The first-order chi connectivity index (χ1) is 18.0. The second-order valence-electron chi connectivity index (χ2n) is 10.1. The SMILES string of the molecule is C[C@]1(C(=O)NC2CC2)c2ccccc2C(=O)N(Cc2cc(F)cc(C(F)(F)F)c2)[C@H]1c1ccc(CO)cc1. The number of carbonyl (C=O) groups is 2. The monoisotopic (exact) mass is 526 g/mol. The predicted octanol–water partition coefficient (Wildman–Crippen LogP) is 5.27. The lowest BCUT2D eigenvalue weighted by atomic mass is 9.67. The molecule has 1 aliphatic carbocycles. The highest BCUT2D eigenvalue weighted by atomic mass is 19.4. The third-order valence-corrected chi connectivity index (χ3v) is 7.34. The molecule has 0 radical (unpaired) electrons. The molecule has 1 heterocycles. The topological polar surface area (TPSA) is 69.6 Å². The minimum absolute atomic E-state index is 0.0209. The summed E-state index contributed by atoms with van der Waals surface area (Å²) < 4.78 is 54.6. The smallest absolute Gasteiger partial charge is 0.392 e. The van der Waals surface area contributed by atoms with Gasteiger partial charge in [-0.1, -0.05) is 42.5 Å². The number of aliphatic hydroxyl groups is 1. The molecule has 9 heteroatoms. The van der Waals surface area contributed by atoms with E-state index in [1.165, 1.54) is 4.90 Å². The van der Waals surface area contributed by atoms with Gasteiger partial charge in [0.2, 0.25) is 5.91 Å². The van der Waals surface area contributed by atoms with Gasteiger partial charge in [0.05, 0.1) is 23.6 Å². The van der Waals surface area contributed by atoms with Crippen LogP contribution < -0.4 is 5.32 Å². The second kappa shape index (κ2) is 9.54. The average Bonchev–Trinajstić information content (AvgIpc) is 3.70. The van der Waals surface area contributed by atoms with E-state index in [-0.39, 0.29) is 36.2 Å². The number of hydrogen-bond acceptors (Lipinski definition) is 3. The highest BCUT2D eigenvalue weighted by Gasteiger charge is 2.53. The summed E-state index contributed by atoms with van der Waals surface area (Å²) in [5, 5.41) is 12.6. The number of rotatable bonds is 6. The first-order valence-electron chi connectivity index (χ1n) is 12.3. The number of halogens is 4. The van der Waals surface area contributed by atoms with Gasteiger partial charge in [-0.05, 0) is 66.3 Å². The van der Waals surface area contributed by atoms with Gasteiger partial charge in [-0.25, -0.2) is 4.39 Å². The number of hydrogen-bond donors (Lipinski definition) is 2. The number of nitrogens with zero attached hydrogens (tertiary/aromatic N) is 1. The zero-order valence-electron chi connectivity index (χ0n) is 20.6. The molecule has 0 bridgehead atoms. The van der Waals surface area contributed by atoms with Crippen molar-refractivity contribution in [1.29, 1.82) is 0 Å². The van der Waals surface area contributed by atoms with Gasteiger partial charge in [-0.15, -0.1) is 0 Å². The van der Waals surface area contributed by atoms with Gasteiger partial charge >= 0.3 is 6.18 Å². The highest BCUT2D eigenvalue weighted by Crippen LogP contribution is 2.48. The maximum absolute atomic E-state index is 14.3. The van der Waals surface area contributed by atoms with Gasteiger partial charge in [-0.2, -0.15) is 13.2 Å². The van der Waals surface area contributed by atoms with Crippen molar-refractivity contribution in [2.75, 3.05) is 0 Å². The van der Waals surface area contributed by atoms with Crippen molar-refractivity contribution in [2.24, 2.45) is 0 Å². The molecular formula is C29H26F4N2O3. The van der Waals surface area contributed by atoms with Crippen LogP contribution in [0.25, 0.3) is 0 Å². The van der Waals surface area contributed by atoms with Crippen molar-refractivity contribution < 1.29 is 32.3 Å². The Labute approximate surface area is 217 Å². The van der Waals surface area contributed by atoms with E-state index in [0.29, 0.717) is 22.8 Å². The Kier molecular flexibility index (Phi) is 6.51. The third kappa shape index (κ3) is 4.67. The molecular weight excluding hydrogens is 500 g/mol. The molecule has 0 saturated heterocycles. The molecule has 5 nitrogen and oxygen atoms in total. The Morgan fingerprint density at radius 3 is 2.37 bits per heavy atom. The van der Waals surface area contributed by atoms with E-state index in [1.807, 2.05) is 0 Å². The quantitative estimate of drug-likeness (QED) is 0.430. The molecule has 1 aliphatic heterocycles. The summed E-state index contributed by atoms with van der Waals surface area (Å²) in [6, 6.07) is 14.7. The van der Waals surface area contributed by atoms with E-state index >= 15 is 0 Å². The largest absolute Gasteiger partial charge is 0.416 e. The summed E-state index contributed by atoms with van der Waals surface area (Å²) in [4.78, 5) is 29.1. The molecule has 3 aromatic carbocycles. The third-order valence-electron chi connectivity index (χ3n) is 7.34. The number of nitrogens with one attached hydrogen (secondary N) is 1. The molecule has 3 aromatic rings. The number of fused-ring (bicyclic) bond motifs is 1. The minimum Gasteiger partial charge on any atom is -0.392 e. The summed E-state index contributed by atoms with van der Waals surface area (Å²) in [6.45, 7) is 1.16. The van der Waals surface area contributed by atoms with Crippen LogP contribution in [0.1, 0.15) is 64.0 Å². The van der Waals surface area contributed by atoms with E-state index in [9.17, 15) is 32.3 Å². The molecule has 2 amide bonds. The van der Waals surface area contributed by atoms with Gasteiger partial charge in [-0.3, -0.25) is 9.59 Å². The maximum atomic E-state index is 14.3. The summed E-state index contributed by atoms with van der Waals surface area (Å²) in [5.74, 6) is -1.86. The van der Waals surface area contributed by atoms with Crippen molar-refractivity contribution >= 4 is 11.8 Å². The fraction of sp³-hybridized carbons (Fsp3) is 0.310. The van der Waals surface area contributed by atoms with Crippen LogP contribution in [0.4, 0.5) is 17.6 Å². The first kappa shape index (κ1) is 25.9. The zero-order chi connectivity index (χ0) is 27.2. The van der Waals surface area contributed by atoms with Crippen LogP contribution in [0.5, 0.6) is 0 Å². The van der Waals surface area contributed by atoms with Crippen LogP contribution >= 0.6 is 0 Å². The number of benzene rings is 3. The van der Waals surface area contributed by atoms with Crippen molar-refractivity contribution in [3.05, 3.63) is 106 Å². The van der Waals surface area contributed by atoms with Crippen LogP contribution in [-0.2, 0) is 29.5 Å². The standard InChI is InChI=1S/C29H26F4N2O3/c1-28(27(38)34-22-10-11-22)24-5-3-2-4-23(24)26(37)35(25(28)19-8-6-17(16-36)7-9-19)15-18-12-20(29(31,32)33)14-21(30)13-18/h2-9,12-14,22,25,36H,10-11,15-16H2,1H3,(H,34,38)/t25-,28-/m0/s1. The Balaban J connectivity index is 1.69. The minimum atomic E-state index is -4.77. The van der Waals surface area contributed by atoms with E-state index in [2.05, 4.69) is 5.32 Å². The summed E-state index contributed by atoms with van der Waals surface area (Å²) in [6.07, 6.45) is -3.09. The summed E-state index contributed by atoms with van der Waals surface area (Å²) in [5.41, 5.74) is -0.573. The Morgan fingerprint density at radius 1 is 1.05 bits per heavy atom. The molecule has 198 valence electrons. The van der Waals surface area contributed by atoms with Gasteiger partial charge < -0.3 is 15.3 Å². The molecule has 1 fully saturated rings. The predicted molar refractivity (Wildman–Crippen MR) is 131 cm³/mol.